The van der Waals surface area contributed by atoms with E-state index < -0.39 is 38.7 Å². The van der Waals surface area contributed by atoms with Gasteiger partial charge in [0.15, 0.2) is 0 Å². The molecule has 14 nitrogen and oxygen atoms in total. The topological polar surface area (TPSA) is 198 Å². The smallest absolute Gasteiger partial charge is 0.380 e. The molecule has 0 bridgehead atoms. The monoisotopic (exact) mass is 736 g/mol. The maximum absolute atomic E-state index is 13.3. The van der Waals surface area contributed by atoms with E-state index in [2.05, 4.69) is 25.9 Å². The minimum atomic E-state index is -4.63. The number of nitrogens with one attached hydrogen (secondary N) is 3. The molecule has 0 aliphatic carbocycles. The van der Waals surface area contributed by atoms with Gasteiger partial charge in [-0.1, -0.05) is 26.0 Å². The SMILES string of the molecule is CC.N#Cc1ccc(CCNC=O)cc1.O=c1c(NCCC2CCN(c3cc(N4CCC4)nc(C(F)(F)F)n3)CC2)c(NCCS(=O)(=O)O)c1=O. The van der Waals surface area contributed by atoms with E-state index in [9.17, 15) is 36.0 Å². The van der Waals surface area contributed by atoms with Crippen molar-refractivity contribution in [2.75, 3.05) is 72.0 Å². The number of rotatable bonds is 14. The average molecular weight is 737 g/mol. The number of piperidine rings is 1. The molecule has 0 saturated carbocycles. The van der Waals surface area contributed by atoms with Gasteiger partial charge >= 0.3 is 6.18 Å². The normalized spacial score (nSPS) is 14.6. The maximum atomic E-state index is 13.3. The number of halogens is 3. The van der Waals surface area contributed by atoms with Gasteiger partial charge in [0.05, 0.1) is 17.4 Å². The highest BCUT2D eigenvalue weighted by Crippen LogP contribution is 2.33. The number of nitrogens with zero attached hydrogens (tertiary/aromatic N) is 5. The van der Waals surface area contributed by atoms with Gasteiger partial charge in [0.1, 0.15) is 23.0 Å². The van der Waals surface area contributed by atoms with Crippen molar-refractivity contribution in [2.45, 2.75) is 52.1 Å². The molecule has 1 amide bonds. The summed E-state index contributed by atoms with van der Waals surface area (Å²) in [5, 5.41) is 16.6. The first-order valence-corrected chi connectivity index (χ1v) is 18.3. The quantitative estimate of drug-likeness (QED) is 0.0816. The zero-order valence-corrected chi connectivity index (χ0v) is 29.3. The predicted octanol–water partition coefficient (Wildman–Crippen LogP) is 3.19. The Balaban J connectivity index is 0.000000393. The second-order valence-corrected chi connectivity index (χ2v) is 13.2. The summed E-state index contributed by atoms with van der Waals surface area (Å²) < 4.78 is 70.4. The summed E-state index contributed by atoms with van der Waals surface area (Å²) in [5.74, 6) is -0.920. The van der Waals surface area contributed by atoms with Gasteiger partial charge in [-0.05, 0) is 55.7 Å². The summed E-state index contributed by atoms with van der Waals surface area (Å²) >= 11 is 0. The Bertz CT molecular complexity index is 1800. The number of hydrogen-bond donors (Lipinski definition) is 4. The molecule has 2 aromatic carbocycles. The van der Waals surface area contributed by atoms with E-state index >= 15 is 0 Å². The first kappa shape index (κ1) is 40.7. The molecule has 3 aromatic rings. The molecular formula is C33H43F3N8O6S. The Labute approximate surface area is 294 Å². The van der Waals surface area contributed by atoms with Gasteiger partial charge in [-0.3, -0.25) is 18.9 Å². The van der Waals surface area contributed by atoms with Crippen molar-refractivity contribution in [3.63, 3.8) is 0 Å². The Kier molecular flexibility index (Phi) is 15.2. The minimum Gasteiger partial charge on any atom is -0.380 e. The highest BCUT2D eigenvalue weighted by Gasteiger charge is 2.37. The van der Waals surface area contributed by atoms with Gasteiger partial charge in [-0.2, -0.15) is 26.9 Å². The molecule has 2 fully saturated rings. The van der Waals surface area contributed by atoms with Crippen LogP contribution in [0.15, 0.2) is 39.9 Å². The summed E-state index contributed by atoms with van der Waals surface area (Å²) in [7, 11) is -4.20. The molecular weight excluding hydrogens is 693 g/mol. The fourth-order valence-electron chi connectivity index (χ4n) is 5.33. The number of nitriles is 1. The fourth-order valence-corrected chi connectivity index (χ4v) is 5.69. The molecule has 5 rings (SSSR count). The summed E-state index contributed by atoms with van der Waals surface area (Å²) in [5.41, 5.74) is 0.427. The van der Waals surface area contributed by atoms with Crippen molar-refractivity contribution in [2.24, 2.45) is 5.92 Å². The van der Waals surface area contributed by atoms with Crippen molar-refractivity contribution in [3.8, 4) is 6.07 Å². The van der Waals surface area contributed by atoms with Gasteiger partial charge in [-0.15, -0.1) is 0 Å². The maximum Gasteiger partial charge on any atom is 0.451 e. The van der Waals surface area contributed by atoms with E-state index in [1.165, 1.54) is 0 Å². The van der Waals surface area contributed by atoms with Crippen molar-refractivity contribution in [1.29, 1.82) is 5.26 Å². The van der Waals surface area contributed by atoms with Crippen LogP contribution in [0.4, 0.5) is 36.2 Å². The van der Waals surface area contributed by atoms with E-state index in [0.717, 1.165) is 31.2 Å². The summed E-state index contributed by atoms with van der Waals surface area (Å²) in [6, 6.07) is 11.0. The number of benzene rings is 1. The number of hydrogen-bond acceptors (Lipinski definition) is 12. The number of anilines is 4. The molecule has 0 spiro atoms. The van der Waals surface area contributed by atoms with Crippen LogP contribution < -0.4 is 36.6 Å². The second-order valence-electron chi connectivity index (χ2n) is 11.6. The molecule has 2 aliphatic rings. The third kappa shape index (κ3) is 12.2. The largest absolute Gasteiger partial charge is 0.451 e. The van der Waals surface area contributed by atoms with E-state index in [-0.39, 0.29) is 29.7 Å². The van der Waals surface area contributed by atoms with E-state index in [4.69, 9.17) is 9.81 Å². The molecule has 278 valence electrons. The Morgan fingerprint density at radius 1 is 0.941 bits per heavy atom. The van der Waals surface area contributed by atoms with E-state index in [0.29, 0.717) is 63.5 Å². The molecule has 0 radical (unpaired) electrons. The predicted molar refractivity (Wildman–Crippen MR) is 188 cm³/mol. The summed E-state index contributed by atoms with van der Waals surface area (Å²) in [6.45, 7) is 7.22. The molecule has 1 aromatic heterocycles. The van der Waals surface area contributed by atoms with Crippen LogP contribution in [-0.4, -0.2) is 80.9 Å². The van der Waals surface area contributed by atoms with Crippen LogP contribution in [0.5, 0.6) is 0 Å². The lowest BCUT2D eigenvalue weighted by Gasteiger charge is -2.35. The Morgan fingerprint density at radius 2 is 1.49 bits per heavy atom. The lowest BCUT2D eigenvalue weighted by Crippen LogP contribution is -2.39. The number of alkyl halides is 3. The van der Waals surface area contributed by atoms with E-state index in [1.54, 1.807) is 23.1 Å². The van der Waals surface area contributed by atoms with Crippen molar-refractivity contribution >= 4 is 39.5 Å². The third-order valence-corrected chi connectivity index (χ3v) is 8.94. The van der Waals surface area contributed by atoms with Crippen LogP contribution in [0.25, 0.3) is 0 Å². The number of carbonyl (C=O) groups excluding carboxylic acids is 1. The standard InChI is InChI=1S/C21H27F3N6O5S.C10H10N2O.C2H6/c22-21(23,24)20-27-14(29-7-1-8-29)12-15(28-20)30-9-3-13(4-10-30)2-5-25-16-17(19(32)18(16)31)26-6-11-36(33,34)35;11-7-10-3-1-9(2-4-10)5-6-12-8-13;1-2/h12-13,25-26H,1-11H2,(H,33,34,35);1-4,8H,5-6H2,(H,12,13);1-2H3. The molecule has 0 unspecified atom stereocenters. The number of carbonyl (C=O) groups is 1. The van der Waals surface area contributed by atoms with Crippen molar-refractivity contribution in [3.05, 3.63) is 67.7 Å². The van der Waals surface area contributed by atoms with Crippen LogP contribution in [0.3, 0.4) is 0 Å². The molecule has 0 atom stereocenters. The van der Waals surface area contributed by atoms with Crippen LogP contribution in [-0.2, 0) is 27.5 Å². The first-order chi connectivity index (χ1) is 24.3. The highest BCUT2D eigenvalue weighted by atomic mass is 32.2. The van der Waals surface area contributed by atoms with Crippen LogP contribution in [0.2, 0.25) is 0 Å². The lowest BCUT2D eigenvalue weighted by molar-refractivity contribution is -0.144. The van der Waals surface area contributed by atoms with Crippen LogP contribution >= 0.6 is 0 Å². The van der Waals surface area contributed by atoms with Gasteiger partial charge < -0.3 is 25.8 Å². The molecule has 2 aliphatic heterocycles. The molecule has 18 heteroatoms. The highest BCUT2D eigenvalue weighted by molar-refractivity contribution is 7.85. The van der Waals surface area contributed by atoms with Gasteiger partial charge in [0.25, 0.3) is 21.0 Å². The van der Waals surface area contributed by atoms with Crippen LogP contribution in [0, 0.1) is 17.2 Å². The third-order valence-electron chi connectivity index (χ3n) is 8.22. The number of aromatic nitrogens is 2. The molecule has 3 heterocycles. The van der Waals surface area contributed by atoms with E-state index in [1.807, 2.05) is 36.9 Å². The zero-order chi connectivity index (χ0) is 37.6. The molecule has 4 N–H and O–H groups in total. The lowest BCUT2D eigenvalue weighted by atomic mass is 9.93. The molecule has 51 heavy (non-hydrogen) atoms. The molecule has 2 saturated heterocycles. The first-order valence-electron chi connectivity index (χ1n) is 16.7. The number of amides is 1. The Hall–Kier alpha value is -4.76. The summed E-state index contributed by atoms with van der Waals surface area (Å²) in [4.78, 5) is 44.6. The minimum absolute atomic E-state index is 0.000654. The van der Waals surface area contributed by atoms with Crippen LogP contribution in [0.1, 0.15) is 56.5 Å². The zero-order valence-electron chi connectivity index (χ0n) is 28.5. The van der Waals surface area contributed by atoms with Crippen molar-refractivity contribution < 1.29 is 30.9 Å². The van der Waals surface area contributed by atoms with Gasteiger partial charge in [-0.25, -0.2) is 9.97 Å². The average Bonchev–Trinajstić information content (AvgIpc) is 3.09. The summed E-state index contributed by atoms with van der Waals surface area (Å²) in [6.07, 6.45) is -0.121. The van der Waals surface area contributed by atoms with Gasteiger partial charge in [0, 0.05) is 51.9 Å². The van der Waals surface area contributed by atoms with Gasteiger partial charge in [0.2, 0.25) is 12.2 Å². The second kappa shape index (κ2) is 19.0. The Morgan fingerprint density at radius 3 is 1.96 bits per heavy atom. The van der Waals surface area contributed by atoms with Crippen molar-refractivity contribution in [1.82, 2.24) is 15.3 Å². The fraction of sp³-hybridized carbons (Fsp3) is 0.515.